The van der Waals surface area contributed by atoms with Crippen molar-refractivity contribution < 1.29 is 9.59 Å². The molecular formula is C15H22ClN3O2. The molecule has 0 saturated carbocycles. The molecule has 21 heavy (non-hydrogen) atoms. The lowest BCUT2D eigenvalue weighted by molar-refractivity contribution is -0.118. The van der Waals surface area contributed by atoms with E-state index in [9.17, 15) is 9.59 Å². The number of rotatable bonds is 3. The Morgan fingerprint density at radius 1 is 1.29 bits per heavy atom. The molecule has 5 nitrogen and oxygen atoms in total. The van der Waals surface area contributed by atoms with Gasteiger partial charge in [-0.05, 0) is 44.0 Å². The predicted molar refractivity (Wildman–Crippen MR) is 86.1 cm³/mol. The van der Waals surface area contributed by atoms with Crippen LogP contribution in [0, 0.1) is 6.92 Å². The van der Waals surface area contributed by atoms with Gasteiger partial charge in [-0.2, -0.15) is 0 Å². The van der Waals surface area contributed by atoms with E-state index in [-0.39, 0.29) is 30.3 Å². The lowest BCUT2D eigenvalue weighted by Crippen LogP contribution is -2.43. The standard InChI is InChI=1S/C15H21N3O2.ClH/c1-10-11(14(19)16-2)6-5-8-12(10)18-15(20)13-7-3-4-9-17-13;/h5-6,8,13,17H,3-4,7,9H2,1-2H3,(H,16,19)(H,18,20);1H/t13-;/m0./s1. The molecular weight excluding hydrogens is 290 g/mol. The first-order valence-corrected chi connectivity index (χ1v) is 6.99. The summed E-state index contributed by atoms with van der Waals surface area (Å²) in [5, 5.41) is 8.74. The van der Waals surface area contributed by atoms with Crippen LogP contribution in [-0.4, -0.2) is 31.4 Å². The quantitative estimate of drug-likeness (QED) is 0.798. The summed E-state index contributed by atoms with van der Waals surface area (Å²) in [5.41, 5.74) is 2.07. The van der Waals surface area contributed by atoms with Crippen LogP contribution in [-0.2, 0) is 4.79 Å². The Morgan fingerprint density at radius 2 is 2.05 bits per heavy atom. The number of hydrogen-bond donors (Lipinski definition) is 3. The molecule has 0 unspecified atom stereocenters. The van der Waals surface area contributed by atoms with E-state index in [2.05, 4.69) is 16.0 Å². The minimum absolute atomic E-state index is 0. The van der Waals surface area contributed by atoms with Crippen molar-refractivity contribution in [2.75, 3.05) is 18.9 Å². The second kappa shape index (κ2) is 8.00. The first-order chi connectivity index (χ1) is 9.63. The van der Waals surface area contributed by atoms with Crippen LogP contribution in [0.1, 0.15) is 35.2 Å². The predicted octanol–water partition coefficient (Wildman–Crippen LogP) is 1.86. The summed E-state index contributed by atoms with van der Waals surface area (Å²) < 4.78 is 0. The van der Waals surface area contributed by atoms with Gasteiger partial charge >= 0.3 is 0 Å². The summed E-state index contributed by atoms with van der Waals surface area (Å²) >= 11 is 0. The van der Waals surface area contributed by atoms with Crippen molar-refractivity contribution in [2.45, 2.75) is 32.2 Å². The maximum atomic E-state index is 12.2. The summed E-state index contributed by atoms with van der Waals surface area (Å²) in [7, 11) is 1.60. The highest BCUT2D eigenvalue weighted by Crippen LogP contribution is 2.20. The van der Waals surface area contributed by atoms with Crippen LogP contribution >= 0.6 is 12.4 Å². The second-order valence-corrected chi connectivity index (χ2v) is 5.05. The van der Waals surface area contributed by atoms with Gasteiger partial charge in [-0.25, -0.2) is 0 Å². The van der Waals surface area contributed by atoms with Gasteiger partial charge in [0.25, 0.3) is 5.91 Å². The van der Waals surface area contributed by atoms with Crippen molar-refractivity contribution in [3.05, 3.63) is 29.3 Å². The summed E-state index contributed by atoms with van der Waals surface area (Å²) in [4.78, 5) is 23.9. The van der Waals surface area contributed by atoms with Crippen molar-refractivity contribution in [2.24, 2.45) is 0 Å². The Balaban J connectivity index is 0.00000220. The molecule has 6 heteroatoms. The fourth-order valence-corrected chi connectivity index (χ4v) is 2.45. The van der Waals surface area contributed by atoms with E-state index >= 15 is 0 Å². The number of carbonyl (C=O) groups is 2. The molecule has 1 aromatic carbocycles. The van der Waals surface area contributed by atoms with E-state index in [4.69, 9.17) is 0 Å². The molecule has 3 N–H and O–H groups in total. The van der Waals surface area contributed by atoms with Gasteiger partial charge in [-0.3, -0.25) is 9.59 Å². The largest absolute Gasteiger partial charge is 0.355 e. The van der Waals surface area contributed by atoms with Crippen molar-refractivity contribution in [1.82, 2.24) is 10.6 Å². The molecule has 1 heterocycles. The van der Waals surface area contributed by atoms with Crippen molar-refractivity contribution >= 4 is 29.9 Å². The summed E-state index contributed by atoms with van der Waals surface area (Å²) in [6, 6.07) is 5.22. The number of halogens is 1. The average molecular weight is 312 g/mol. The number of benzene rings is 1. The van der Waals surface area contributed by atoms with E-state index < -0.39 is 0 Å². The number of hydrogen-bond acceptors (Lipinski definition) is 3. The monoisotopic (exact) mass is 311 g/mol. The molecule has 116 valence electrons. The van der Waals surface area contributed by atoms with E-state index in [0.717, 1.165) is 31.4 Å². The Morgan fingerprint density at radius 3 is 2.67 bits per heavy atom. The molecule has 0 aliphatic carbocycles. The fraction of sp³-hybridized carbons (Fsp3) is 0.467. The Labute approximate surface area is 131 Å². The molecule has 1 aromatic rings. The summed E-state index contributed by atoms with van der Waals surface area (Å²) in [5.74, 6) is -0.170. The molecule has 1 aliphatic heterocycles. The van der Waals surface area contributed by atoms with Gasteiger partial charge in [0.05, 0.1) is 6.04 Å². The first-order valence-electron chi connectivity index (χ1n) is 6.99. The third-order valence-electron chi connectivity index (χ3n) is 3.69. The minimum Gasteiger partial charge on any atom is -0.355 e. The Kier molecular flexibility index (Phi) is 6.65. The lowest BCUT2D eigenvalue weighted by atomic mass is 10.0. The number of nitrogens with one attached hydrogen (secondary N) is 3. The lowest BCUT2D eigenvalue weighted by Gasteiger charge is -2.23. The third-order valence-corrected chi connectivity index (χ3v) is 3.69. The van der Waals surface area contributed by atoms with E-state index in [1.54, 1.807) is 19.2 Å². The van der Waals surface area contributed by atoms with Crippen LogP contribution in [0.5, 0.6) is 0 Å². The fourth-order valence-electron chi connectivity index (χ4n) is 2.45. The van der Waals surface area contributed by atoms with Crippen LogP contribution in [0.15, 0.2) is 18.2 Å². The molecule has 0 aromatic heterocycles. The van der Waals surface area contributed by atoms with Crippen LogP contribution in [0.3, 0.4) is 0 Å². The SMILES string of the molecule is CNC(=O)c1cccc(NC(=O)[C@@H]2CCCCN2)c1C.Cl. The van der Waals surface area contributed by atoms with Crippen LogP contribution in [0.2, 0.25) is 0 Å². The van der Waals surface area contributed by atoms with Gasteiger partial charge in [0.2, 0.25) is 5.91 Å². The zero-order valence-corrected chi connectivity index (χ0v) is 13.2. The maximum Gasteiger partial charge on any atom is 0.251 e. The smallest absolute Gasteiger partial charge is 0.251 e. The zero-order chi connectivity index (χ0) is 14.5. The summed E-state index contributed by atoms with van der Waals surface area (Å²) in [6.07, 6.45) is 3.05. The van der Waals surface area contributed by atoms with Crippen LogP contribution in [0.4, 0.5) is 5.69 Å². The molecule has 1 saturated heterocycles. The van der Waals surface area contributed by atoms with Gasteiger partial charge in [-0.1, -0.05) is 12.5 Å². The average Bonchev–Trinajstić information content (AvgIpc) is 2.49. The van der Waals surface area contributed by atoms with E-state index in [1.807, 2.05) is 13.0 Å². The van der Waals surface area contributed by atoms with Crippen LogP contribution in [0.25, 0.3) is 0 Å². The second-order valence-electron chi connectivity index (χ2n) is 5.05. The molecule has 0 bridgehead atoms. The van der Waals surface area contributed by atoms with E-state index in [1.165, 1.54) is 0 Å². The topological polar surface area (TPSA) is 70.2 Å². The molecule has 1 fully saturated rings. The van der Waals surface area contributed by atoms with Crippen LogP contribution < -0.4 is 16.0 Å². The Hall–Kier alpha value is -1.59. The number of amides is 2. The highest BCUT2D eigenvalue weighted by atomic mass is 35.5. The van der Waals surface area contributed by atoms with Gasteiger partial charge in [0.1, 0.15) is 0 Å². The van der Waals surface area contributed by atoms with Crippen molar-refractivity contribution in [1.29, 1.82) is 0 Å². The first kappa shape index (κ1) is 17.5. The molecule has 2 amide bonds. The molecule has 1 atom stereocenters. The molecule has 2 rings (SSSR count). The zero-order valence-electron chi connectivity index (χ0n) is 12.4. The highest BCUT2D eigenvalue weighted by molar-refractivity contribution is 6.00. The van der Waals surface area contributed by atoms with Gasteiger partial charge in [0.15, 0.2) is 0 Å². The van der Waals surface area contributed by atoms with Crippen molar-refractivity contribution in [3.8, 4) is 0 Å². The normalized spacial score (nSPS) is 17.5. The number of carbonyl (C=O) groups excluding carboxylic acids is 2. The number of piperidine rings is 1. The van der Waals surface area contributed by atoms with Gasteiger partial charge in [0, 0.05) is 18.3 Å². The van der Waals surface area contributed by atoms with Crippen molar-refractivity contribution in [3.63, 3.8) is 0 Å². The number of anilines is 1. The molecule has 0 radical (unpaired) electrons. The van der Waals surface area contributed by atoms with E-state index in [0.29, 0.717) is 11.3 Å². The Bertz CT molecular complexity index is 514. The van der Waals surface area contributed by atoms with Gasteiger partial charge in [-0.15, -0.1) is 12.4 Å². The van der Waals surface area contributed by atoms with Gasteiger partial charge < -0.3 is 16.0 Å². The summed E-state index contributed by atoms with van der Waals surface area (Å²) in [6.45, 7) is 2.73. The third kappa shape index (κ3) is 4.19. The maximum absolute atomic E-state index is 12.2. The highest BCUT2D eigenvalue weighted by Gasteiger charge is 2.21. The minimum atomic E-state index is -0.144. The molecule has 0 spiro atoms. The molecule has 1 aliphatic rings.